The van der Waals surface area contributed by atoms with Gasteiger partial charge in [0, 0.05) is 19.3 Å². The zero-order chi connectivity index (χ0) is 11.1. The molecule has 0 saturated heterocycles. The first-order valence-electron chi connectivity index (χ1n) is 4.73. The molecule has 15 heavy (non-hydrogen) atoms. The molecule has 0 fully saturated rings. The number of hydrogen-bond acceptors (Lipinski definition) is 4. The minimum Gasteiger partial charge on any atom is -0.448 e. The summed E-state index contributed by atoms with van der Waals surface area (Å²) in [5.74, 6) is 0. The maximum atomic E-state index is 10.2. The molecule has 1 heterocycles. The number of nitrogens with zero attached hydrogens (tertiary/aromatic N) is 1. The lowest BCUT2D eigenvalue weighted by atomic mass is 10.2. The molecule has 0 saturated carbocycles. The van der Waals surface area contributed by atoms with Crippen LogP contribution in [0.3, 0.4) is 0 Å². The van der Waals surface area contributed by atoms with Crippen molar-refractivity contribution in [3.05, 3.63) is 29.6 Å². The third kappa shape index (κ3) is 4.42. The summed E-state index contributed by atoms with van der Waals surface area (Å²) in [4.78, 5) is 14.5. The van der Waals surface area contributed by atoms with E-state index in [0.29, 0.717) is 13.1 Å². The Hall–Kier alpha value is -1.62. The molecular formula is C10H15N3O2. The fourth-order valence-corrected chi connectivity index (χ4v) is 1.13. The third-order valence-corrected chi connectivity index (χ3v) is 1.93. The van der Waals surface area contributed by atoms with Gasteiger partial charge in [-0.05, 0) is 18.6 Å². The van der Waals surface area contributed by atoms with E-state index in [1.165, 1.54) is 0 Å². The molecule has 3 N–H and O–H groups in total. The second kappa shape index (κ2) is 5.98. The van der Waals surface area contributed by atoms with E-state index in [4.69, 9.17) is 5.73 Å². The van der Waals surface area contributed by atoms with Crippen LogP contribution in [0.25, 0.3) is 0 Å². The molecule has 1 amide bonds. The summed E-state index contributed by atoms with van der Waals surface area (Å²) in [6.07, 6.45) is 1.01. The van der Waals surface area contributed by atoms with E-state index >= 15 is 0 Å². The molecule has 0 spiro atoms. The zero-order valence-corrected chi connectivity index (χ0v) is 8.69. The molecule has 0 aromatic carbocycles. The van der Waals surface area contributed by atoms with Gasteiger partial charge in [0.05, 0.1) is 5.69 Å². The van der Waals surface area contributed by atoms with Crippen molar-refractivity contribution >= 4 is 6.09 Å². The fourth-order valence-electron chi connectivity index (χ4n) is 1.13. The topological polar surface area (TPSA) is 77.2 Å². The van der Waals surface area contributed by atoms with Gasteiger partial charge in [-0.3, -0.25) is 4.98 Å². The first-order valence-corrected chi connectivity index (χ1v) is 4.73. The van der Waals surface area contributed by atoms with Gasteiger partial charge in [0.1, 0.15) is 6.61 Å². The van der Waals surface area contributed by atoms with Crippen molar-refractivity contribution < 1.29 is 9.53 Å². The van der Waals surface area contributed by atoms with Gasteiger partial charge >= 0.3 is 6.09 Å². The average Bonchev–Trinajstić information content (AvgIpc) is 2.20. The van der Waals surface area contributed by atoms with Crippen molar-refractivity contribution in [2.24, 2.45) is 5.73 Å². The number of aryl methyl sites for hydroxylation is 1. The molecular weight excluding hydrogens is 194 g/mol. The van der Waals surface area contributed by atoms with Gasteiger partial charge in [-0.1, -0.05) is 6.07 Å². The molecule has 0 radical (unpaired) electrons. The lowest BCUT2D eigenvalue weighted by Gasteiger charge is -2.06. The van der Waals surface area contributed by atoms with Crippen LogP contribution in [-0.2, 0) is 11.3 Å². The fraction of sp³-hybridized carbons (Fsp3) is 0.400. The predicted octanol–water partition coefficient (Wildman–Crippen LogP) is 0.575. The van der Waals surface area contributed by atoms with E-state index in [1.54, 1.807) is 6.20 Å². The van der Waals surface area contributed by atoms with E-state index in [-0.39, 0.29) is 6.61 Å². The van der Waals surface area contributed by atoms with Crippen LogP contribution >= 0.6 is 0 Å². The molecule has 0 aliphatic heterocycles. The molecule has 1 aromatic heterocycles. The number of hydrogen-bond donors (Lipinski definition) is 2. The van der Waals surface area contributed by atoms with Gasteiger partial charge in [0.25, 0.3) is 0 Å². The standard InChI is InChI=1S/C10H15N3O2/c1-8-3-2-4-13-9(8)7-12-5-6-15-10(11)14/h2-4,12H,5-7H2,1H3,(H2,11,14). The number of primary amides is 1. The quantitative estimate of drug-likeness (QED) is 0.695. The highest BCUT2D eigenvalue weighted by atomic mass is 16.5. The summed E-state index contributed by atoms with van der Waals surface area (Å²) in [5, 5.41) is 3.10. The summed E-state index contributed by atoms with van der Waals surface area (Å²) in [6, 6.07) is 3.90. The van der Waals surface area contributed by atoms with Crippen LogP contribution in [-0.4, -0.2) is 24.2 Å². The van der Waals surface area contributed by atoms with Crippen LogP contribution in [0.4, 0.5) is 4.79 Å². The summed E-state index contributed by atoms with van der Waals surface area (Å²) >= 11 is 0. The number of aromatic nitrogens is 1. The van der Waals surface area contributed by atoms with E-state index < -0.39 is 6.09 Å². The normalized spacial score (nSPS) is 9.93. The highest BCUT2D eigenvalue weighted by Gasteiger charge is 1.98. The highest BCUT2D eigenvalue weighted by molar-refractivity contribution is 5.64. The maximum absolute atomic E-state index is 10.2. The largest absolute Gasteiger partial charge is 0.448 e. The first-order chi connectivity index (χ1) is 7.20. The Bertz CT molecular complexity index is 328. The lowest BCUT2D eigenvalue weighted by Crippen LogP contribution is -2.23. The second-order valence-electron chi connectivity index (χ2n) is 3.11. The van der Waals surface area contributed by atoms with Crippen molar-refractivity contribution in [3.8, 4) is 0 Å². The SMILES string of the molecule is Cc1cccnc1CNCCOC(N)=O. The number of nitrogens with one attached hydrogen (secondary N) is 1. The first kappa shape index (κ1) is 11.5. The molecule has 5 nitrogen and oxygen atoms in total. The summed E-state index contributed by atoms with van der Waals surface area (Å²) < 4.78 is 4.57. The summed E-state index contributed by atoms with van der Waals surface area (Å²) in [7, 11) is 0. The Morgan fingerprint density at radius 3 is 3.13 bits per heavy atom. The zero-order valence-electron chi connectivity index (χ0n) is 8.69. The molecule has 0 aliphatic rings. The molecule has 0 bridgehead atoms. The Kier molecular flexibility index (Phi) is 4.56. The van der Waals surface area contributed by atoms with Crippen LogP contribution in [0, 0.1) is 6.92 Å². The Morgan fingerprint density at radius 1 is 1.67 bits per heavy atom. The molecule has 82 valence electrons. The minimum absolute atomic E-state index is 0.279. The van der Waals surface area contributed by atoms with Crippen LogP contribution in [0.15, 0.2) is 18.3 Å². The van der Waals surface area contributed by atoms with Crippen molar-refractivity contribution in [2.45, 2.75) is 13.5 Å². The van der Waals surface area contributed by atoms with Crippen LogP contribution in [0.5, 0.6) is 0 Å². The van der Waals surface area contributed by atoms with Crippen molar-refractivity contribution in [1.29, 1.82) is 0 Å². The van der Waals surface area contributed by atoms with Crippen LogP contribution in [0.2, 0.25) is 0 Å². The number of pyridine rings is 1. The molecule has 1 aromatic rings. The van der Waals surface area contributed by atoms with Gasteiger partial charge in [0.2, 0.25) is 0 Å². The van der Waals surface area contributed by atoms with Gasteiger partial charge in [-0.15, -0.1) is 0 Å². The third-order valence-electron chi connectivity index (χ3n) is 1.93. The smallest absolute Gasteiger partial charge is 0.404 e. The number of carbonyl (C=O) groups excluding carboxylic acids is 1. The van der Waals surface area contributed by atoms with Gasteiger partial charge in [-0.2, -0.15) is 0 Å². The van der Waals surface area contributed by atoms with Crippen molar-refractivity contribution in [3.63, 3.8) is 0 Å². The van der Waals surface area contributed by atoms with E-state index in [9.17, 15) is 4.79 Å². The minimum atomic E-state index is -0.745. The van der Waals surface area contributed by atoms with Crippen LogP contribution < -0.4 is 11.1 Å². The molecule has 1 rings (SSSR count). The van der Waals surface area contributed by atoms with Gasteiger partial charge in [0.15, 0.2) is 0 Å². The Balaban J connectivity index is 2.21. The molecule has 0 unspecified atom stereocenters. The molecule has 0 aliphatic carbocycles. The van der Waals surface area contributed by atoms with Gasteiger partial charge < -0.3 is 15.8 Å². The number of ether oxygens (including phenoxy) is 1. The monoisotopic (exact) mass is 209 g/mol. The van der Waals surface area contributed by atoms with Crippen molar-refractivity contribution in [2.75, 3.05) is 13.2 Å². The second-order valence-corrected chi connectivity index (χ2v) is 3.11. The lowest BCUT2D eigenvalue weighted by molar-refractivity contribution is 0.157. The Labute approximate surface area is 88.6 Å². The van der Waals surface area contributed by atoms with E-state index in [0.717, 1.165) is 11.3 Å². The Morgan fingerprint density at radius 2 is 2.47 bits per heavy atom. The predicted molar refractivity (Wildman–Crippen MR) is 56.2 cm³/mol. The highest BCUT2D eigenvalue weighted by Crippen LogP contribution is 2.01. The van der Waals surface area contributed by atoms with Gasteiger partial charge in [-0.25, -0.2) is 4.79 Å². The maximum Gasteiger partial charge on any atom is 0.404 e. The number of carbonyl (C=O) groups is 1. The average molecular weight is 209 g/mol. The number of nitrogens with two attached hydrogens (primary N) is 1. The van der Waals surface area contributed by atoms with E-state index in [2.05, 4.69) is 15.0 Å². The number of rotatable bonds is 5. The summed E-state index contributed by atoms with van der Waals surface area (Å²) in [6.45, 7) is 3.51. The summed E-state index contributed by atoms with van der Waals surface area (Å²) in [5.41, 5.74) is 6.95. The molecule has 0 atom stereocenters. The number of amides is 1. The molecule has 5 heteroatoms. The van der Waals surface area contributed by atoms with Crippen LogP contribution in [0.1, 0.15) is 11.3 Å². The van der Waals surface area contributed by atoms with E-state index in [1.807, 2.05) is 19.1 Å². The van der Waals surface area contributed by atoms with Crippen molar-refractivity contribution in [1.82, 2.24) is 10.3 Å².